The van der Waals surface area contributed by atoms with E-state index in [1.807, 2.05) is 27.7 Å². The van der Waals surface area contributed by atoms with E-state index in [4.69, 9.17) is 19.6 Å². The summed E-state index contributed by atoms with van der Waals surface area (Å²) >= 11 is 0. The standard InChI is InChI=1S/C14H27NO5/c1-5-18-19-10-12-7-6-11(8-9-16)15(12)13(17)20-14(2,3)4/h11-12,16H,5-10H2,1-4H3/t11?,12-/m0/s1. The summed E-state index contributed by atoms with van der Waals surface area (Å²) < 4.78 is 5.44. The van der Waals surface area contributed by atoms with Crippen molar-refractivity contribution in [3.05, 3.63) is 0 Å². The molecule has 0 aromatic carbocycles. The van der Waals surface area contributed by atoms with Crippen LogP contribution in [-0.4, -0.2) is 53.6 Å². The number of aliphatic hydroxyl groups excluding tert-OH is 1. The van der Waals surface area contributed by atoms with E-state index in [9.17, 15) is 4.79 Å². The maximum atomic E-state index is 12.3. The van der Waals surface area contributed by atoms with Crippen molar-refractivity contribution in [2.75, 3.05) is 19.8 Å². The van der Waals surface area contributed by atoms with E-state index in [0.717, 1.165) is 12.8 Å². The Bertz CT molecular complexity index is 302. The number of rotatable bonds is 6. The quantitative estimate of drug-likeness (QED) is 0.461. The fourth-order valence-corrected chi connectivity index (χ4v) is 2.38. The van der Waals surface area contributed by atoms with Crippen LogP contribution in [0.25, 0.3) is 0 Å². The molecule has 1 unspecified atom stereocenters. The Morgan fingerprint density at radius 2 is 1.90 bits per heavy atom. The van der Waals surface area contributed by atoms with Crippen LogP contribution in [0.15, 0.2) is 0 Å². The number of ether oxygens (including phenoxy) is 1. The summed E-state index contributed by atoms with van der Waals surface area (Å²) in [5.41, 5.74) is -0.533. The molecule has 1 saturated heterocycles. The van der Waals surface area contributed by atoms with Gasteiger partial charge in [0.05, 0.1) is 12.6 Å². The Hall–Kier alpha value is -0.850. The zero-order valence-corrected chi connectivity index (χ0v) is 12.9. The topological polar surface area (TPSA) is 68.2 Å². The first-order valence-electron chi connectivity index (χ1n) is 7.25. The highest BCUT2D eigenvalue weighted by atomic mass is 17.2. The van der Waals surface area contributed by atoms with Crippen molar-refractivity contribution in [1.29, 1.82) is 0 Å². The molecule has 0 radical (unpaired) electrons. The van der Waals surface area contributed by atoms with Gasteiger partial charge in [0.2, 0.25) is 0 Å². The largest absolute Gasteiger partial charge is 0.444 e. The molecule has 0 saturated carbocycles. The SMILES string of the molecule is CCOOC[C@@H]1CCC(CCO)N1C(=O)OC(C)(C)C. The van der Waals surface area contributed by atoms with Crippen LogP contribution < -0.4 is 0 Å². The molecule has 6 heteroatoms. The normalized spacial score (nSPS) is 23.1. The summed E-state index contributed by atoms with van der Waals surface area (Å²) in [6.45, 7) is 8.22. The smallest absolute Gasteiger partial charge is 0.410 e. The number of amides is 1. The molecular formula is C14H27NO5. The third-order valence-electron chi connectivity index (χ3n) is 3.15. The number of aliphatic hydroxyl groups is 1. The van der Waals surface area contributed by atoms with Gasteiger partial charge in [-0.15, -0.1) is 0 Å². The Labute approximate surface area is 120 Å². The number of carbonyl (C=O) groups is 1. The van der Waals surface area contributed by atoms with Crippen molar-refractivity contribution in [3.63, 3.8) is 0 Å². The van der Waals surface area contributed by atoms with Crippen molar-refractivity contribution in [3.8, 4) is 0 Å². The molecule has 20 heavy (non-hydrogen) atoms. The monoisotopic (exact) mass is 289 g/mol. The molecule has 1 aliphatic rings. The molecule has 0 aromatic heterocycles. The first-order chi connectivity index (χ1) is 9.39. The molecule has 1 heterocycles. The lowest BCUT2D eigenvalue weighted by Gasteiger charge is -2.32. The fraction of sp³-hybridized carbons (Fsp3) is 0.929. The summed E-state index contributed by atoms with van der Waals surface area (Å²) in [7, 11) is 0. The summed E-state index contributed by atoms with van der Waals surface area (Å²) in [6, 6.07) is -0.0574. The van der Waals surface area contributed by atoms with Crippen molar-refractivity contribution >= 4 is 6.09 Å². The van der Waals surface area contributed by atoms with Crippen LogP contribution in [0.1, 0.15) is 47.0 Å². The highest BCUT2D eigenvalue weighted by Crippen LogP contribution is 2.28. The minimum atomic E-state index is -0.533. The average Bonchev–Trinajstić information content (AvgIpc) is 2.71. The Morgan fingerprint density at radius 1 is 1.25 bits per heavy atom. The molecule has 0 aliphatic carbocycles. The van der Waals surface area contributed by atoms with E-state index < -0.39 is 5.60 Å². The predicted octanol–water partition coefficient (Wildman–Crippen LogP) is 2.10. The van der Waals surface area contributed by atoms with Gasteiger partial charge in [0.15, 0.2) is 0 Å². The van der Waals surface area contributed by atoms with Crippen LogP contribution in [0.2, 0.25) is 0 Å². The van der Waals surface area contributed by atoms with E-state index in [2.05, 4.69) is 0 Å². The highest BCUT2D eigenvalue weighted by molar-refractivity contribution is 5.69. The lowest BCUT2D eigenvalue weighted by molar-refractivity contribution is -0.296. The van der Waals surface area contributed by atoms with Crippen LogP contribution in [0.4, 0.5) is 4.79 Å². The molecule has 1 amide bonds. The molecule has 0 aromatic rings. The number of nitrogens with zero attached hydrogens (tertiary/aromatic N) is 1. The number of hydrogen-bond acceptors (Lipinski definition) is 5. The molecule has 2 atom stereocenters. The van der Waals surface area contributed by atoms with Gasteiger partial charge in [0, 0.05) is 12.6 Å². The number of hydrogen-bond donors (Lipinski definition) is 1. The fourth-order valence-electron chi connectivity index (χ4n) is 2.38. The molecule has 1 rings (SSSR count). The van der Waals surface area contributed by atoms with Crippen molar-refractivity contribution in [2.45, 2.75) is 64.6 Å². The minimum absolute atomic E-state index is 0.00470. The van der Waals surface area contributed by atoms with E-state index in [1.165, 1.54) is 0 Å². The van der Waals surface area contributed by atoms with Gasteiger partial charge in [-0.25, -0.2) is 14.6 Å². The minimum Gasteiger partial charge on any atom is -0.444 e. The van der Waals surface area contributed by atoms with Crippen LogP contribution in [0.5, 0.6) is 0 Å². The first-order valence-corrected chi connectivity index (χ1v) is 7.25. The van der Waals surface area contributed by atoms with Crippen LogP contribution >= 0.6 is 0 Å². The number of carbonyl (C=O) groups excluding carboxylic acids is 1. The molecule has 1 N–H and O–H groups in total. The molecular weight excluding hydrogens is 262 g/mol. The molecule has 0 bridgehead atoms. The maximum absolute atomic E-state index is 12.3. The lowest BCUT2D eigenvalue weighted by atomic mass is 10.1. The second-order valence-electron chi connectivity index (χ2n) is 5.98. The van der Waals surface area contributed by atoms with Gasteiger partial charge in [-0.3, -0.25) is 4.90 Å². The summed E-state index contributed by atoms with van der Waals surface area (Å²) in [4.78, 5) is 24.0. The van der Waals surface area contributed by atoms with E-state index >= 15 is 0 Å². The molecule has 6 nitrogen and oxygen atoms in total. The van der Waals surface area contributed by atoms with Gasteiger partial charge in [0.1, 0.15) is 12.2 Å². The third kappa shape index (κ3) is 5.26. The van der Waals surface area contributed by atoms with Crippen molar-refractivity contribution in [1.82, 2.24) is 4.90 Å². The molecule has 118 valence electrons. The molecule has 1 aliphatic heterocycles. The van der Waals surface area contributed by atoms with Crippen LogP contribution in [-0.2, 0) is 14.5 Å². The second kappa shape index (κ2) is 7.81. The molecule has 0 spiro atoms. The van der Waals surface area contributed by atoms with Gasteiger partial charge < -0.3 is 9.84 Å². The zero-order chi connectivity index (χ0) is 15.2. The van der Waals surface area contributed by atoms with Gasteiger partial charge in [-0.1, -0.05) is 0 Å². The van der Waals surface area contributed by atoms with Crippen molar-refractivity contribution < 1.29 is 24.4 Å². The van der Waals surface area contributed by atoms with Gasteiger partial charge >= 0.3 is 6.09 Å². The van der Waals surface area contributed by atoms with Crippen LogP contribution in [0.3, 0.4) is 0 Å². The van der Waals surface area contributed by atoms with E-state index in [0.29, 0.717) is 19.6 Å². The van der Waals surface area contributed by atoms with Crippen molar-refractivity contribution in [2.24, 2.45) is 0 Å². The average molecular weight is 289 g/mol. The zero-order valence-electron chi connectivity index (χ0n) is 12.9. The molecule has 1 fully saturated rings. The van der Waals surface area contributed by atoms with Crippen LogP contribution in [0, 0.1) is 0 Å². The second-order valence-corrected chi connectivity index (χ2v) is 5.98. The van der Waals surface area contributed by atoms with E-state index in [1.54, 1.807) is 4.90 Å². The summed E-state index contributed by atoms with van der Waals surface area (Å²) in [6.07, 6.45) is 1.89. The van der Waals surface area contributed by atoms with Gasteiger partial charge in [-0.2, -0.15) is 0 Å². The first kappa shape index (κ1) is 17.2. The van der Waals surface area contributed by atoms with E-state index in [-0.39, 0.29) is 24.8 Å². The Balaban J connectivity index is 2.67. The van der Waals surface area contributed by atoms with Gasteiger partial charge in [-0.05, 0) is 47.0 Å². The summed E-state index contributed by atoms with van der Waals surface area (Å²) in [5, 5.41) is 9.12. The predicted molar refractivity (Wildman–Crippen MR) is 74.2 cm³/mol. The number of likely N-dealkylation sites (tertiary alicyclic amines) is 1. The third-order valence-corrected chi connectivity index (χ3v) is 3.15. The maximum Gasteiger partial charge on any atom is 0.410 e. The Kier molecular flexibility index (Phi) is 6.71. The summed E-state index contributed by atoms with van der Waals surface area (Å²) in [5.74, 6) is 0. The lowest BCUT2D eigenvalue weighted by Crippen LogP contribution is -2.46. The van der Waals surface area contributed by atoms with Gasteiger partial charge in [0.25, 0.3) is 0 Å². The highest BCUT2D eigenvalue weighted by Gasteiger charge is 2.39. The Morgan fingerprint density at radius 3 is 2.45 bits per heavy atom.